The summed E-state index contributed by atoms with van der Waals surface area (Å²) in [6.45, 7) is 9.15. The molecule has 0 spiro atoms. The molecule has 0 amide bonds. The van der Waals surface area contributed by atoms with E-state index in [-0.39, 0.29) is 5.54 Å². The van der Waals surface area contributed by atoms with Crippen molar-refractivity contribution in [3.8, 4) is 28.5 Å². The Morgan fingerprint density at radius 2 is 1.85 bits per heavy atom. The topological polar surface area (TPSA) is 111 Å². The van der Waals surface area contributed by atoms with Gasteiger partial charge < -0.3 is 9.72 Å². The van der Waals surface area contributed by atoms with Crippen molar-refractivity contribution >= 4 is 17.1 Å². The van der Waals surface area contributed by atoms with Crippen molar-refractivity contribution in [1.82, 2.24) is 39.9 Å². The van der Waals surface area contributed by atoms with Crippen LogP contribution in [0.25, 0.3) is 33.7 Å². The van der Waals surface area contributed by atoms with Crippen LogP contribution < -0.4 is 4.74 Å². The second-order valence-electron chi connectivity index (χ2n) is 11.1. The Balaban J connectivity index is 1.17. The number of piperidine rings is 1. The van der Waals surface area contributed by atoms with Gasteiger partial charge in [0.2, 0.25) is 0 Å². The summed E-state index contributed by atoms with van der Waals surface area (Å²) in [7, 11) is 0. The van der Waals surface area contributed by atoms with Gasteiger partial charge in [0.05, 0.1) is 41.4 Å². The van der Waals surface area contributed by atoms with Gasteiger partial charge in [-0.3, -0.25) is 29.9 Å². The van der Waals surface area contributed by atoms with E-state index in [1.165, 1.54) is 45.2 Å². The van der Waals surface area contributed by atoms with E-state index >= 15 is 0 Å². The summed E-state index contributed by atoms with van der Waals surface area (Å²) in [6, 6.07) is 4.07. The van der Waals surface area contributed by atoms with Crippen LogP contribution in [0.2, 0.25) is 0 Å². The number of H-pyrrole nitrogens is 2. The van der Waals surface area contributed by atoms with Crippen molar-refractivity contribution in [2.45, 2.75) is 44.6 Å². The van der Waals surface area contributed by atoms with Crippen LogP contribution >= 0.6 is 0 Å². The third-order valence-electron chi connectivity index (χ3n) is 8.49. The van der Waals surface area contributed by atoms with E-state index in [9.17, 15) is 0 Å². The van der Waals surface area contributed by atoms with E-state index in [2.05, 4.69) is 47.9 Å². The fraction of sp³-hybridized carbons (Fsp3) is 0.483. The fourth-order valence-corrected chi connectivity index (χ4v) is 6.23. The molecule has 1 atom stereocenters. The van der Waals surface area contributed by atoms with Crippen LogP contribution in [-0.2, 0) is 5.54 Å². The van der Waals surface area contributed by atoms with Crippen LogP contribution in [0.1, 0.15) is 50.4 Å². The molecule has 202 valence electrons. The first-order chi connectivity index (χ1) is 19.2. The fourth-order valence-electron chi connectivity index (χ4n) is 6.23. The minimum Gasteiger partial charge on any atom is -0.491 e. The molecular formula is C29H35N9O. The van der Waals surface area contributed by atoms with Crippen molar-refractivity contribution in [2.75, 3.05) is 45.9 Å². The zero-order chi connectivity index (χ0) is 26.2. The highest BCUT2D eigenvalue weighted by atomic mass is 16.5. The molecule has 10 heteroatoms. The number of nitrogens with zero attached hydrogens (tertiary/aromatic N) is 7. The Morgan fingerprint density at radius 3 is 2.72 bits per heavy atom. The smallest absolute Gasteiger partial charge is 0.159 e. The van der Waals surface area contributed by atoms with Gasteiger partial charge in [-0.1, -0.05) is 6.42 Å². The summed E-state index contributed by atoms with van der Waals surface area (Å²) >= 11 is 0. The normalized spacial score (nSPS) is 22.0. The summed E-state index contributed by atoms with van der Waals surface area (Å²) in [5.74, 6) is 1.51. The average molecular weight is 526 g/mol. The van der Waals surface area contributed by atoms with Crippen molar-refractivity contribution in [2.24, 2.45) is 4.99 Å². The molecular weight excluding hydrogens is 490 g/mol. The lowest BCUT2D eigenvalue weighted by molar-refractivity contribution is 0.0816. The Morgan fingerprint density at radius 1 is 1.00 bits per heavy atom. The largest absolute Gasteiger partial charge is 0.491 e. The lowest BCUT2D eigenvalue weighted by Gasteiger charge is -2.43. The maximum absolute atomic E-state index is 6.03. The number of nitrogens with one attached hydrogen (secondary N) is 2. The van der Waals surface area contributed by atoms with Gasteiger partial charge in [-0.05, 0) is 70.9 Å². The number of ether oxygens (including phenoxy) is 1. The molecule has 39 heavy (non-hydrogen) atoms. The molecule has 0 aromatic carbocycles. The molecule has 3 aliphatic heterocycles. The summed E-state index contributed by atoms with van der Waals surface area (Å²) < 4.78 is 6.03. The first-order valence-corrected chi connectivity index (χ1v) is 14.2. The number of pyridine rings is 2. The number of imidazole rings is 1. The summed E-state index contributed by atoms with van der Waals surface area (Å²) in [5.41, 5.74) is 5.21. The average Bonchev–Trinajstić information content (AvgIpc) is 3.74. The number of likely N-dealkylation sites (tertiary alicyclic amines) is 2. The predicted octanol–water partition coefficient (Wildman–Crippen LogP) is 4.02. The molecule has 1 unspecified atom stereocenters. The quantitative estimate of drug-likeness (QED) is 0.375. The highest BCUT2D eigenvalue weighted by Crippen LogP contribution is 2.36. The van der Waals surface area contributed by atoms with Crippen LogP contribution in [0, 0.1) is 0 Å². The Kier molecular flexibility index (Phi) is 6.36. The number of hydrogen-bond acceptors (Lipinski definition) is 8. The molecule has 3 aliphatic rings. The molecule has 7 rings (SSSR count). The molecule has 0 bridgehead atoms. The zero-order valence-corrected chi connectivity index (χ0v) is 22.5. The number of hydrogen-bond donors (Lipinski definition) is 2. The zero-order valence-electron chi connectivity index (χ0n) is 22.5. The van der Waals surface area contributed by atoms with Gasteiger partial charge >= 0.3 is 0 Å². The van der Waals surface area contributed by atoms with Crippen LogP contribution in [-0.4, -0.2) is 92.0 Å². The second-order valence-corrected chi connectivity index (χ2v) is 11.1. The monoisotopic (exact) mass is 525 g/mol. The molecule has 4 aromatic rings. The maximum Gasteiger partial charge on any atom is 0.159 e. The highest BCUT2D eigenvalue weighted by molar-refractivity contribution is 5.94. The van der Waals surface area contributed by atoms with Gasteiger partial charge in [0.1, 0.15) is 23.7 Å². The molecule has 7 heterocycles. The van der Waals surface area contributed by atoms with E-state index in [4.69, 9.17) is 14.7 Å². The second kappa shape index (κ2) is 10.2. The van der Waals surface area contributed by atoms with Crippen molar-refractivity contribution in [3.63, 3.8) is 0 Å². The predicted molar refractivity (Wildman–Crippen MR) is 151 cm³/mol. The first-order valence-electron chi connectivity index (χ1n) is 14.2. The summed E-state index contributed by atoms with van der Waals surface area (Å²) in [5, 5.41) is 8.73. The number of aromatic amines is 2. The van der Waals surface area contributed by atoms with Crippen LogP contribution in [0.4, 0.5) is 0 Å². The number of rotatable bonds is 7. The van der Waals surface area contributed by atoms with Gasteiger partial charge in [0.15, 0.2) is 5.82 Å². The molecule has 0 aliphatic carbocycles. The van der Waals surface area contributed by atoms with Gasteiger partial charge in [-0.25, -0.2) is 4.98 Å². The Labute approximate surface area is 227 Å². The van der Waals surface area contributed by atoms with E-state index in [1.54, 1.807) is 6.20 Å². The van der Waals surface area contributed by atoms with Crippen LogP contribution in [0.5, 0.6) is 5.75 Å². The molecule has 2 N–H and O–H groups in total. The molecule has 10 nitrogen and oxygen atoms in total. The molecule has 4 aromatic heterocycles. The minimum absolute atomic E-state index is 0.185. The summed E-state index contributed by atoms with van der Waals surface area (Å²) in [6.07, 6.45) is 13.6. The van der Waals surface area contributed by atoms with Gasteiger partial charge in [0, 0.05) is 29.9 Å². The minimum atomic E-state index is -0.185. The van der Waals surface area contributed by atoms with E-state index in [1.807, 2.05) is 24.7 Å². The van der Waals surface area contributed by atoms with Crippen LogP contribution in [0.15, 0.2) is 35.7 Å². The highest BCUT2D eigenvalue weighted by Gasteiger charge is 2.40. The van der Waals surface area contributed by atoms with Gasteiger partial charge in [-0.15, -0.1) is 0 Å². The van der Waals surface area contributed by atoms with Crippen LogP contribution in [0.3, 0.4) is 0 Å². The lowest BCUT2D eigenvalue weighted by Crippen LogP contribution is -2.50. The maximum atomic E-state index is 6.03. The van der Waals surface area contributed by atoms with Crippen molar-refractivity contribution in [3.05, 3.63) is 42.1 Å². The number of fused-ring (bicyclic) bond motifs is 2. The van der Waals surface area contributed by atoms with E-state index in [0.29, 0.717) is 6.61 Å². The van der Waals surface area contributed by atoms with E-state index in [0.717, 1.165) is 77.0 Å². The molecule has 0 radical (unpaired) electrons. The molecule has 2 saturated heterocycles. The lowest BCUT2D eigenvalue weighted by atomic mass is 9.90. The van der Waals surface area contributed by atoms with Crippen molar-refractivity contribution in [1.29, 1.82) is 0 Å². The summed E-state index contributed by atoms with van der Waals surface area (Å²) in [4.78, 5) is 27.4. The SMILES string of the molecule is CC1(N2CCCCC2)CN=Cc2nc(-c3n[nH]c4cnc(-c5cncc(OCCN6CCCC6)c5)cc34)[nH]c21. The number of aromatic nitrogens is 6. The molecule has 2 fully saturated rings. The van der Waals surface area contributed by atoms with Gasteiger partial charge in [-0.2, -0.15) is 5.10 Å². The Hall–Kier alpha value is -3.63. The molecule has 0 saturated carbocycles. The first kappa shape index (κ1) is 24.4. The van der Waals surface area contributed by atoms with Crippen molar-refractivity contribution < 1.29 is 4.74 Å². The van der Waals surface area contributed by atoms with Gasteiger partial charge in [0.25, 0.3) is 0 Å². The third-order valence-corrected chi connectivity index (χ3v) is 8.49. The van der Waals surface area contributed by atoms with E-state index < -0.39 is 0 Å². The number of aliphatic imine (C=N–C) groups is 1. The standard InChI is InChI=1S/C29H35N9O/c1-29(38-9-3-2-4-10-38)19-31-17-25-27(29)34-28(33-25)26-22-14-23(32-18-24(22)35-36-26)20-13-21(16-30-15-20)39-12-11-37-7-5-6-8-37/h13-18H,2-12,19H2,1H3,(H,33,34)(H,35,36). The Bertz CT molecular complexity index is 1500. The third kappa shape index (κ3) is 4.61.